The second-order valence-electron chi connectivity index (χ2n) is 7.84. The molecule has 1 aliphatic carbocycles. The lowest BCUT2D eigenvalue weighted by molar-refractivity contribution is -0.115. The Labute approximate surface area is 186 Å². The van der Waals surface area contributed by atoms with Crippen LogP contribution in [0, 0.1) is 13.8 Å². The largest absolute Gasteiger partial charge is 0.427 e. The lowest BCUT2D eigenvalue weighted by Crippen LogP contribution is -2.50. The Balaban J connectivity index is 1.76. The van der Waals surface area contributed by atoms with Gasteiger partial charge in [0.15, 0.2) is 5.78 Å². The van der Waals surface area contributed by atoms with Gasteiger partial charge in [-0.15, -0.1) is 0 Å². The number of amides is 1. The molecule has 8 nitrogen and oxygen atoms in total. The van der Waals surface area contributed by atoms with E-state index in [9.17, 15) is 22.8 Å². The highest BCUT2D eigenvalue weighted by atomic mass is 32.2. The van der Waals surface area contributed by atoms with E-state index < -0.39 is 22.1 Å². The van der Waals surface area contributed by atoms with Crippen molar-refractivity contribution in [2.24, 2.45) is 0 Å². The molecular formula is C23H22N2O6S. The zero-order valence-electron chi connectivity index (χ0n) is 17.9. The fraction of sp³-hybridized carbons (Fsp3) is 0.261. The molecule has 2 aliphatic rings. The molecule has 4 rings (SSSR count). The summed E-state index contributed by atoms with van der Waals surface area (Å²) in [6.45, 7) is 3.46. The number of ether oxygens (including phenoxy) is 1. The minimum atomic E-state index is -4.17. The number of nitrogens with zero attached hydrogens (tertiary/aromatic N) is 2. The number of para-hydroxylation sites is 1. The number of allylic oxidation sites excluding steroid dienone is 2. The zero-order chi connectivity index (χ0) is 23.2. The summed E-state index contributed by atoms with van der Waals surface area (Å²) in [6, 6.07) is 9.38. The molecule has 2 aromatic carbocycles. The molecule has 1 aliphatic heterocycles. The summed E-state index contributed by atoms with van der Waals surface area (Å²) >= 11 is 0. The third-order valence-electron chi connectivity index (χ3n) is 5.60. The van der Waals surface area contributed by atoms with Gasteiger partial charge in [-0.2, -0.15) is 12.7 Å². The Kier molecular flexibility index (Phi) is 5.37. The van der Waals surface area contributed by atoms with E-state index in [1.807, 2.05) is 0 Å². The summed E-state index contributed by atoms with van der Waals surface area (Å²) in [4.78, 5) is 37.6. The van der Waals surface area contributed by atoms with Gasteiger partial charge in [-0.3, -0.25) is 13.9 Å². The molecule has 0 fully saturated rings. The van der Waals surface area contributed by atoms with Crippen molar-refractivity contribution in [2.75, 3.05) is 15.7 Å². The highest BCUT2D eigenvalue weighted by Gasteiger charge is 2.42. The van der Waals surface area contributed by atoms with Crippen molar-refractivity contribution in [3.8, 4) is 0 Å². The van der Waals surface area contributed by atoms with E-state index in [4.69, 9.17) is 4.74 Å². The van der Waals surface area contributed by atoms with Crippen LogP contribution in [-0.2, 0) is 19.7 Å². The van der Waals surface area contributed by atoms with Gasteiger partial charge in [0.25, 0.3) is 5.91 Å². The van der Waals surface area contributed by atoms with Crippen LogP contribution in [0.1, 0.15) is 51.1 Å². The summed E-state index contributed by atoms with van der Waals surface area (Å²) in [5.41, 5.74) is 1.86. The molecule has 1 amide bonds. The van der Waals surface area contributed by atoms with Crippen LogP contribution in [0.3, 0.4) is 0 Å². The van der Waals surface area contributed by atoms with E-state index in [-0.39, 0.29) is 34.0 Å². The zero-order valence-corrected chi connectivity index (χ0v) is 18.7. The maximum Gasteiger partial charge on any atom is 0.343 e. The van der Waals surface area contributed by atoms with Gasteiger partial charge in [0, 0.05) is 26.0 Å². The van der Waals surface area contributed by atoms with Crippen LogP contribution in [0.2, 0.25) is 0 Å². The Morgan fingerprint density at radius 3 is 2.38 bits per heavy atom. The van der Waals surface area contributed by atoms with E-state index >= 15 is 0 Å². The first-order chi connectivity index (χ1) is 15.1. The number of aryl methyl sites for hydroxylation is 2. The van der Waals surface area contributed by atoms with Crippen molar-refractivity contribution in [2.45, 2.75) is 33.1 Å². The number of fused-ring (bicyclic) bond motifs is 1. The van der Waals surface area contributed by atoms with Crippen LogP contribution in [0.15, 0.2) is 48.2 Å². The monoisotopic (exact) mass is 454 g/mol. The topological polar surface area (TPSA) is 101 Å². The molecule has 0 aromatic heterocycles. The van der Waals surface area contributed by atoms with E-state index in [1.165, 1.54) is 31.3 Å². The predicted molar refractivity (Wildman–Crippen MR) is 119 cm³/mol. The van der Waals surface area contributed by atoms with E-state index in [0.29, 0.717) is 30.4 Å². The number of benzene rings is 2. The van der Waals surface area contributed by atoms with Crippen molar-refractivity contribution >= 4 is 39.2 Å². The second-order valence-corrected chi connectivity index (χ2v) is 9.65. The highest BCUT2D eigenvalue weighted by Crippen LogP contribution is 2.37. The van der Waals surface area contributed by atoms with Gasteiger partial charge in [-0.1, -0.05) is 18.2 Å². The van der Waals surface area contributed by atoms with Gasteiger partial charge >= 0.3 is 16.2 Å². The fourth-order valence-corrected chi connectivity index (χ4v) is 5.41. The van der Waals surface area contributed by atoms with Crippen LogP contribution in [0.4, 0.5) is 11.4 Å². The average Bonchev–Trinajstić information content (AvgIpc) is 2.74. The number of ketones is 1. The first kappa shape index (κ1) is 21.8. The standard InChI is InChI=1S/C23H22N2O6S/c1-14-6-4-7-15(2)21(14)25-22(27)19-12-16(10-11-20(19)24(3)32(25,29)30)23(28)31-18-9-5-8-17(26)13-18/h4,6-7,10-13H,5,8-9H2,1-3H3. The van der Waals surface area contributed by atoms with Crippen LogP contribution >= 0.6 is 0 Å². The van der Waals surface area contributed by atoms with Crippen molar-refractivity contribution in [3.63, 3.8) is 0 Å². The summed E-state index contributed by atoms with van der Waals surface area (Å²) in [6.07, 6.45) is 2.81. The number of rotatable bonds is 3. The molecule has 2 aromatic rings. The molecule has 166 valence electrons. The van der Waals surface area contributed by atoms with Gasteiger partial charge < -0.3 is 4.74 Å². The van der Waals surface area contributed by atoms with Gasteiger partial charge in [-0.25, -0.2) is 4.79 Å². The SMILES string of the molecule is Cc1cccc(C)c1N1C(=O)c2cc(C(=O)OC3=CC(=O)CCC3)ccc2N(C)S1(=O)=O. The molecule has 1 heterocycles. The molecule has 0 saturated carbocycles. The summed E-state index contributed by atoms with van der Waals surface area (Å²) in [7, 11) is -2.81. The molecule has 0 saturated heterocycles. The highest BCUT2D eigenvalue weighted by molar-refractivity contribution is 7.95. The maximum atomic E-state index is 13.4. The molecule has 32 heavy (non-hydrogen) atoms. The molecule has 0 atom stereocenters. The van der Waals surface area contributed by atoms with E-state index in [1.54, 1.807) is 32.0 Å². The maximum absolute atomic E-state index is 13.4. The average molecular weight is 455 g/mol. The number of hydrogen-bond acceptors (Lipinski definition) is 6. The summed E-state index contributed by atoms with van der Waals surface area (Å²) in [5.74, 6) is -1.28. The van der Waals surface area contributed by atoms with E-state index in [2.05, 4.69) is 0 Å². The van der Waals surface area contributed by atoms with Gasteiger partial charge in [0.1, 0.15) is 5.76 Å². The van der Waals surface area contributed by atoms with E-state index in [0.717, 1.165) is 8.61 Å². The normalized spacial score (nSPS) is 17.7. The summed E-state index contributed by atoms with van der Waals surface area (Å²) < 4.78 is 33.5. The van der Waals surface area contributed by atoms with Crippen LogP contribution in [0.25, 0.3) is 0 Å². The molecule has 0 N–H and O–H groups in total. The number of carbonyl (C=O) groups excluding carboxylic acids is 3. The van der Waals surface area contributed by atoms with Crippen LogP contribution in [0.5, 0.6) is 0 Å². The second kappa shape index (κ2) is 7.90. The van der Waals surface area contributed by atoms with Gasteiger partial charge in [0.2, 0.25) is 0 Å². The lowest BCUT2D eigenvalue weighted by Gasteiger charge is -2.36. The smallest absolute Gasteiger partial charge is 0.343 e. The molecule has 0 spiro atoms. The van der Waals surface area contributed by atoms with Crippen molar-refractivity contribution in [1.29, 1.82) is 0 Å². The Hall–Kier alpha value is -3.46. The molecule has 9 heteroatoms. The van der Waals surface area contributed by atoms with Crippen molar-refractivity contribution < 1.29 is 27.5 Å². The quantitative estimate of drug-likeness (QED) is 0.659. The molecule has 0 bridgehead atoms. The molecule has 0 radical (unpaired) electrons. The van der Waals surface area contributed by atoms with Gasteiger partial charge in [0.05, 0.1) is 22.5 Å². The summed E-state index contributed by atoms with van der Waals surface area (Å²) in [5, 5.41) is 0. The predicted octanol–water partition coefficient (Wildman–Crippen LogP) is 3.44. The Morgan fingerprint density at radius 1 is 1.03 bits per heavy atom. The third-order valence-corrected chi connectivity index (χ3v) is 7.30. The Bertz CT molecular complexity index is 1280. The van der Waals surface area contributed by atoms with Crippen molar-refractivity contribution in [3.05, 3.63) is 70.5 Å². The lowest BCUT2D eigenvalue weighted by atomic mass is 10.0. The number of carbonyl (C=O) groups is 3. The number of esters is 1. The van der Waals surface area contributed by atoms with Gasteiger partial charge in [-0.05, 0) is 49.6 Å². The van der Waals surface area contributed by atoms with Crippen molar-refractivity contribution in [1.82, 2.24) is 0 Å². The minimum Gasteiger partial charge on any atom is -0.427 e. The minimum absolute atomic E-state index is 0.0631. The number of hydrogen-bond donors (Lipinski definition) is 0. The third kappa shape index (κ3) is 3.58. The Morgan fingerprint density at radius 2 is 1.72 bits per heavy atom. The molecule has 0 unspecified atom stereocenters. The number of anilines is 2. The first-order valence-electron chi connectivity index (χ1n) is 10.1. The van der Waals surface area contributed by atoms with Crippen LogP contribution in [-0.4, -0.2) is 33.1 Å². The van der Waals surface area contributed by atoms with Crippen LogP contribution < -0.4 is 8.61 Å². The molecular weight excluding hydrogens is 432 g/mol. The fourth-order valence-electron chi connectivity index (χ4n) is 3.93. The first-order valence-corrected chi connectivity index (χ1v) is 11.5.